The average molecular weight is 312 g/mol. The van der Waals surface area contributed by atoms with Crippen LogP contribution in [0.15, 0.2) is 11.4 Å². The predicted molar refractivity (Wildman–Crippen MR) is 75.1 cm³/mol. The smallest absolute Gasteiger partial charge is 0.331 e. The number of methoxy groups -OCH3 is 1. The van der Waals surface area contributed by atoms with Gasteiger partial charge in [-0.1, -0.05) is 0 Å². The van der Waals surface area contributed by atoms with Crippen LogP contribution in [-0.4, -0.2) is 47.7 Å². The van der Waals surface area contributed by atoms with E-state index in [4.69, 9.17) is 0 Å². The van der Waals surface area contributed by atoms with E-state index in [2.05, 4.69) is 10.1 Å². The van der Waals surface area contributed by atoms with Crippen molar-refractivity contribution >= 4 is 29.3 Å². The van der Waals surface area contributed by atoms with Crippen LogP contribution < -0.4 is 5.32 Å². The molecule has 1 aliphatic rings. The Balaban J connectivity index is 2.17. The van der Waals surface area contributed by atoms with E-state index in [1.807, 2.05) is 5.38 Å². The number of hydrogen-bond donors (Lipinski definition) is 2. The highest BCUT2D eigenvalue weighted by Gasteiger charge is 2.37. The van der Waals surface area contributed by atoms with Crippen molar-refractivity contribution in [3.8, 4) is 0 Å². The maximum Gasteiger partial charge on any atom is 0.331 e. The fourth-order valence-electron chi connectivity index (χ4n) is 2.31. The summed E-state index contributed by atoms with van der Waals surface area (Å²) in [5.74, 6) is -1.67. The highest BCUT2D eigenvalue weighted by molar-refractivity contribution is 7.10. The molecule has 2 heterocycles. The number of carbonyl (C=O) groups is 3. The number of ether oxygens (including phenoxy) is 1. The van der Waals surface area contributed by atoms with E-state index in [1.165, 1.54) is 30.3 Å². The zero-order chi connectivity index (χ0) is 15.6. The molecule has 1 aromatic rings. The van der Waals surface area contributed by atoms with Crippen LogP contribution in [0.3, 0.4) is 0 Å². The first-order valence-electron chi connectivity index (χ1n) is 6.39. The number of hydrogen-bond acceptors (Lipinski definition) is 5. The average Bonchev–Trinajstić information content (AvgIpc) is 2.92. The number of carbonyl (C=O) groups excluding carboxylic acids is 2. The molecule has 0 aromatic carbocycles. The van der Waals surface area contributed by atoms with E-state index in [9.17, 15) is 19.5 Å². The molecule has 2 amide bonds. The maximum atomic E-state index is 12.2. The van der Waals surface area contributed by atoms with Gasteiger partial charge in [0.15, 0.2) is 6.04 Å². The summed E-state index contributed by atoms with van der Waals surface area (Å²) in [5, 5.41) is 13.7. The van der Waals surface area contributed by atoms with Gasteiger partial charge in [0.05, 0.1) is 7.11 Å². The van der Waals surface area contributed by atoms with Crippen molar-refractivity contribution in [3.05, 3.63) is 21.9 Å². The largest absolute Gasteiger partial charge is 0.479 e. The van der Waals surface area contributed by atoms with Crippen molar-refractivity contribution in [2.75, 3.05) is 13.7 Å². The standard InChI is InChI=1S/C13H16N2O5S/c1-7(12(18)20-2)14-13(19)15-5-3-9-8(4-6-21-9)10(15)11(16)17/h4,6-7,10H,3,5H2,1-2H3,(H,14,19)(H,16,17). The van der Waals surface area contributed by atoms with Crippen molar-refractivity contribution in [1.82, 2.24) is 10.2 Å². The topological polar surface area (TPSA) is 95.9 Å². The predicted octanol–water partition coefficient (Wildman–Crippen LogP) is 1.00. The maximum absolute atomic E-state index is 12.2. The van der Waals surface area contributed by atoms with Crippen LogP contribution in [0, 0.1) is 0 Å². The Morgan fingerprint density at radius 3 is 2.86 bits per heavy atom. The van der Waals surface area contributed by atoms with Gasteiger partial charge in [-0.25, -0.2) is 14.4 Å². The van der Waals surface area contributed by atoms with E-state index in [0.29, 0.717) is 18.5 Å². The molecule has 2 unspecified atom stereocenters. The Bertz CT molecular complexity index is 571. The first kappa shape index (κ1) is 15.3. The molecule has 2 N–H and O–H groups in total. The van der Waals surface area contributed by atoms with E-state index in [0.717, 1.165) is 4.88 Å². The van der Waals surface area contributed by atoms with Crippen molar-refractivity contribution in [1.29, 1.82) is 0 Å². The summed E-state index contributed by atoms with van der Waals surface area (Å²) in [6, 6.07) is -0.718. The van der Waals surface area contributed by atoms with E-state index < -0.39 is 30.1 Å². The number of carboxylic acids is 1. The molecule has 0 saturated carbocycles. The van der Waals surface area contributed by atoms with Crippen molar-refractivity contribution < 1.29 is 24.2 Å². The molecule has 0 saturated heterocycles. The molecule has 1 aliphatic heterocycles. The number of fused-ring (bicyclic) bond motifs is 1. The summed E-state index contributed by atoms with van der Waals surface area (Å²) >= 11 is 1.49. The number of nitrogens with zero attached hydrogens (tertiary/aromatic N) is 1. The lowest BCUT2D eigenvalue weighted by Gasteiger charge is -2.33. The lowest BCUT2D eigenvalue weighted by molar-refractivity contribution is -0.142. The Kier molecular flexibility index (Phi) is 4.46. The van der Waals surface area contributed by atoms with Crippen LogP contribution in [0.25, 0.3) is 0 Å². The van der Waals surface area contributed by atoms with Gasteiger partial charge < -0.3 is 20.1 Å². The van der Waals surface area contributed by atoms with Crippen LogP contribution in [0.5, 0.6) is 0 Å². The Hall–Kier alpha value is -2.09. The third-order valence-corrected chi connectivity index (χ3v) is 4.35. The van der Waals surface area contributed by atoms with Crippen LogP contribution in [0.4, 0.5) is 4.79 Å². The molecule has 0 bridgehead atoms. The normalized spacial score (nSPS) is 18.6. The summed E-state index contributed by atoms with van der Waals surface area (Å²) in [4.78, 5) is 37.3. The van der Waals surface area contributed by atoms with Gasteiger partial charge in [0.2, 0.25) is 0 Å². The molecule has 0 spiro atoms. The third-order valence-electron chi connectivity index (χ3n) is 3.36. The number of nitrogens with one attached hydrogen (secondary N) is 1. The van der Waals surface area contributed by atoms with E-state index >= 15 is 0 Å². The Labute approximate surface area is 125 Å². The molecule has 114 valence electrons. The number of esters is 1. The van der Waals surface area contributed by atoms with Gasteiger partial charge in [-0.05, 0) is 30.4 Å². The summed E-state index contributed by atoms with van der Waals surface area (Å²) in [6.07, 6.45) is 0.608. The number of amides is 2. The number of carboxylic acid groups (broad SMARTS) is 1. The summed E-state index contributed by atoms with van der Waals surface area (Å²) in [7, 11) is 1.23. The number of thiophene rings is 1. The van der Waals surface area contributed by atoms with Gasteiger partial charge >= 0.3 is 18.0 Å². The minimum atomic E-state index is -1.09. The van der Waals surface area contributed by atoms with Crippen molar-refractivity contribution in [2.24, 2.45) is 0 Å². The Morgan fingerprint density at radius 1 is 1.52 bits per heavy atom. The molecule has 0 radical (unpaired) electrons. The molecule has 8 heteroatoms. The van der Waals surface area contributed by atoms with Gasteiger partial charge in [0, 0.05) is 11.4 Å². The molecule has 1 aromatic heterocycles. The van der Waals surface area contributed by atoms with Gasteiger partial charge in [-0.3, -0.25) is 0 Å². The molecule has 21 heavy (non-hydrogen) atoms. The lowest BCUT2D eigenvalue weighted by atomic mass is 10.0. The molecule has 0 fully saturated rings. The Morgan fingerprint density at radius 2 is 2.24 bits per heavy atom. The van der Waals surface area contributed by atoms with E-state index in [1.54, 1.807) is 6.07 Å². The first-order valence-corrected chi connectivity index (χ1v) is 7.27. The molecule has 0 aliphatic carbocycles. The second-order valence-electron chi connectivity index (χ2n) is 4.68. The van der Waals surface area contributed by atoms with Crippen molar-refractivity contribution in [2.45, 2.75) is 25.4 Å². The van der Waals surface area contributed by atoms with Crippen molar-refractivity contribution in [3.63, 3.8) is 0 Å². The minimum absolute atomic E-state index is 0.296. The minimum Gasteiger partial charge on any atom is -0.479 e. The van der Waals surface area contributed by atoms with E-state index in [-0.39, 0.29) is 0 Å². The molecular formula is C13H16N2O5S. The van der Waals surface area contributed by atoms with Crippen LogP contribution in [0.2, 0.25) is 0 Å². The van der Waals surface area contributed by atoms with Crippen LogP contribution in [-0.2, 0) is 20.7 Å². The molecule has 2 atom stereocenters. The van der Waals surface area contributed by atoms with Gasteiger partial charge in [0.25, 0.3) is 0 Å². The van der Waals surface area contributed by atoms with Gasteiger partial charge in [-0.2, -0.15) is 0 Å². The zero-order valence-corrected chi connectivity index (χ0v) is 12.5. The fourth-order valence-corrected chi connectivity index (χ4v) is 3.21. The molecular weight excluding hydrogens is 296 g/mol. The number of urea groups is 1. The summed E-state index contributed by atoms with van der Waals surface area (Å²) < 4.78 is 4.53. The zero-order valence-electron chi connectivity index (χ0n) is 11.7. The second-order valence-corrected chi connectivity index (χ2v) is 5.68. The fraction of sp³-hybridized carbons (Fsp3) is 0.462. The highest BCUT2D eigenvalue weighted by atomic mass is 32.1. The summed E-state index contributed by atoms with van der Waals surface area (Å²) in [6.45, 7) is 1.78. The number of aliphatic carboxylic acids is 1. The monoisotopic (exact) mass is 312 g/mol. The second kappa shape index (κ2) is 6.13. The SMILES string of the molecule is COC(=O)C(C)NC(=O)N1CCc2sccc2C1C(=O)O. The first-order chi connectivity index (χ1) is 9.95. The quantitative estimate of drug-likeness (QED) is 0.812. The van der Waals surface area contributed by atoms with Gasteiger partial charge in [0.1, 0.15) is 6.04 Å². The third kappa shape index (κ3) is 2.99. The summed E-state index contributed by atoms with van der Waals surface area (Å²) in [5.41, 5.74) is 0.639. The van der Waals surface area contributed by atoms with Crippen LogP contribution >= 0.6 is 11.3 Å². The number of rotatable bonds is 3. The lowest BCUT2D eigenvalue weighted by Crippen LogP contribution is -2.51. The molecule has 2 rings (SSSR count). The van der Waals surface area contributed by atoms with Gasteiger partial charge in [-0.15, -0.1) is 11.3 Å². The highest BCUT2D eigenvalue weighted by Crippen LogP contribution is 2.33. The molecule has 7 nitrogen and oxygen atoms in total. The van der Waals surface area contributed by atoms with Crippen LogP contribution in [0.1, 0.15) is 23.4 Å².